The zero-order valence-corrected chi connectivity index (χ0v) is 14.6. The van der Waals surface area contributed by atoms with Crippen LogP contribution in [0.15, 0.2) is 67.0 Å². The van der Waals surface area contributed by atoms with Crippen LogP contribution in [0.4, 0.5) is 24.8 Å². The standard InChI is InChI=1S/C17H13N3O2.C2HF3O2/c21-16(22)13-7-8-14(12-5-2-1-3-6-12)15(11-13)20-17-18-9-4-10-19-17;3-2(4,5)1(6)7/h1-11H,(H,21,22)(H,18,19,20);(H,6,7). The fraction of sp³-hybridized carbons (Fsp3) is 0.0526. The van der Waals surface area contributed by atoms with E-state index in [2.05, 4.69) is 15.3 Å². The molecule has 10 heteroatoms. The van der Waals surface area contributed by atoms with Gasteiger partial charge in [-0.25, -0.2) is 19.6 Å². The highest BCUT2D eigenvalue weighted by Crippen LogP contribution is 2.30. The Morgan fingerprint density at radius 2 is 1.48 bits per heavy atom. The number of hydrogen-bond acceptors (Lipinski definition) is 5. The number of benzene rings is 2. The van der Waals surface area contributed by atoms with E-state index in [0.717, 1.165) is 11.1 Å². The van der Waals surface area contributed by atoms with Gasteiger partial charge in [0.2, 0.25) is 5.95 Å². The minimum absolute atomic E-state index is 0.207. The average molecular weight is 405 g/mol. The molecule has 0 bridgehead atoms. The van der Waals surface area contributed by atoms with Crippen molar-refractivity contribution >= 4 is 23.6 Å². The first-order chi connectivity index (χ1) is 13.7. The fourth-order valence-corrected chi connectivity index (χ4v) is 2.13. The lowest BCUT2D eigenvalue weighted by atomic mass is 10.0. The van der Waals surface area contributed by atoms with E-state index >= 15 is 0 Å². The number of nitrogens with zero attached hydrogens (tertiary/aromatic N) is 2. The molecular formula is C19H14F3N3O4. The van der Waals surface area contributed by atoms with Crippen LogP contribution in [0.5, 0.6) is 0 Å². The number of nitrogens with one attached hydrogen (secondary N) is 1. The average Bonchev–Trinajstić information content (AvgIpc) is 2.69. The number of carboxylic acids is 2. The molecule has 0 fully saturated rings. The second-order valence-electron chi connectivity index (χ2n) is 5.43. The minimum atomic E-state index is -5.08. The quantitative estimate of drug-likeness (QED) is 0.596. The first-order valence-electron chi connectivity index (χ1n) is 7.95. The van der Waals surface area contributed by atoms with E-state index in [1.165, 1.54) is 0 Å². The Bertz CT molecular complexity index is 981. The predicted molar refractivity (Wildman–Crippen MR) is 97.8 cm³/mol. The lowest BCUT2D eigenvalue weighted by Gasteiger charge is -2.12. The van der Waals surface area contributed by atoms with Crippen LogP contribution < -0.4 is 5.32 Å². The summed E-state index contributed by atoms with van der Waals surface area (Å²) >= 11 is 0. The van der Waals surface area contributed by atoms with Gasteiger partial charge in [-0.3, -0.25) is 0 Å². The molecule has 3 N–H and O–H groups in total. The molecule has 1 aromatic heterocycles. The van der Waals surface area contributed by atoms with Crippen LogP contribution in [-0.4, -0.2) is 38.3 Å². The molecule has 0 spiro atoms. The van der Waals surface area contributed by atoms with Crippen LogP contribution in [-0.2, 0) is 4.79 Å². The summed E-state index contributed by atoms with van der Waals surface area (Å²) in [5.74, 6) is -3.31. The third-order valence-electron chi connectivity index (χ3n) is 3.41. The summed E-state index contributed by atoms with van der Waals surface area (Å²) in [4.78, 5) is 28.3. The van der Waals surface area contributed by atoms with E-state index in [1.807, 2.05) is 30.3 Å². The molecule has 0 saturated carbocycles. The zero-order valence-electron chi connectivity index (χ0n) is 14.6. The van der Waals surface area contributed by atoms with Crippen LogP contribution in [0.1, 0.15) is 10.4 Å². The van der Waals surface area contributed by atoms with Gasteiger partial charge < -0.3 is 15.5 Å². The van der Waals surface area contributed by atoms with E-state index in [9.17, 15) is 23.1 Å². The SMILES string of the molecule is O=C(O)C(F)(F)F.O=C(O)c1ccc(-c2ccccc2)c(Nc2ncccn2)c1. The van der Waals surface area contributed by atoms with Crippen molar-refractivity contribution in [2.24, 2.45) is 0 Å². The maximum atomic E-state index is 11.2. The molecule has 150 valence electrons. The zero-order chi connectivity index (χ0) is 21.4. The van der Waals surface area contributed by atoms with Gasteiger partial charge in [0.1, 0.15) is 0 Å². The summed E-state index contributed by atoms with van der Waals surface area (Å²) < 4.78 is 31.7. The number of aliphatic carboxylic acids is 1. The van der Waals surface area contributed by atoms with Crippen molar-refractivity contribution in [1.29, 1.82) is 0 Å². The Morgan fingerprint density at radius 3 is 2.00 bits per heavy atom. The highest BCUT2D eigenvalue weighted by Gasteiger charge is 2.38. The molecular weight excluding hydrogens is 391 g/mol. The lowest BCUT2D eigenvalue weighted by molar-refractivity contribution is -0.192. The summed E-state index contributed by atoms with van der Waals surface area (Å²) in [5.41, 5.74) is 2.73. The highest BCUT2D eigenvalue weighted by atomic mass is 19.4. The topological polar surface area (TPSA) is 112 Å². The minimum Gasteiger partial charge on any atom is -0.478 e. The first kappa shape index (κ1) is 21.4. The van der Waals surface area contributed by atoms with Gasteiger partial charge in [0.25, 0.3) is 0 Å². The van der Waals surface area contributed by atoms with E-state index < -0.39 is 18.1 Å². The van der Waals surface area contributed by atoms with Gasteiger partial charge in [-0.1, -0.05) is 36.4 Å². The van der Waals surface area contributed by atoms with E-state index in [1.54, 1.807) is 36.7 Å². The smallest absolute Gasteiger partial charge is 0.478 e. The second-order valence-corrected chi connectivity index (χ2v) is 5.43. The molecule has 29 heavy (non-hydrogen) atoms. The molecule has 0 aliphatic carbocycles. The predicted octanol–water partition coefficient (Wildman–Crippen LogP) is 4.22. The number of aromatic nitrogens is 2. The van der Waals surface area contributed by atoms with E-state index in [-0.39, 0.29) is 5.56 Å². The molecule has 2 aromatic carbocycles. The monoisotopic (exact) mass is 405 g/mol. The molecule has 0 aliphatic rings. The summed E-state index contributed by atoms with van der Waals surface area (Å²) in [6.45, 7) is 0. The van der Waals surface area contributed by atoms with Crippen LogP contribution in [0.3, 0.4) is 0 Å². The maximum Gasteiger partial charge on any atom is 0.490 e. The van der Waals surface area contributed by atoms with Crippen molar-refractivity contribution in [3.63, 3.8) is 0 Å². The van der Waals surface area contributed by atoms with Crippen LogP contribution in [0.25, 0.3) is 11.1 Å². The molecule has 0 saturated heterocycles. The third kappa shape index (κ3) is 6.31. The van der Waals surface area contributed by atoms with Crippen molar-refractivity contribution < 1.29 is 33.0 Å². The Balaban J connectivity index is 0.000000370. The summed E-state index contributed by atoms with van der Waals surface area (Å²) in [6.07, 6.45) is -1.84. The van der Waals surface area contributed by atoms with Gasteiger partial charge in [0, 0.05) is 23.6 Å². The van der Waals surface area contributed by atoms with Crippen molar-refractivity contribution in [3.05, 3.63) is 72.6 Å². The molecule has 7 nitrogen and oxygen atoms in total. The van der Waals surface area contributed by atoms with Crippen LogP contribution in [0, 0.1) is 0 Å². The number of anilines is 2. The lowest BCUT2D eigenvalue weighted by Crippen LogP contribution is -2.21. The maximum absolute atomic E-state index is 11.2. The van der Waals surface area contributed by atoms with Gasteiger partial charge in [0.15, 0.2) is 0 Å². The number of hydrogen-bond donors (Lipinski definition) is 3. The van der Waals surface area contributed by atoms with Crippen LogP contribution >= 0.6 is 0 Å². The molecule has 0 radical (unpaired) electrons. The Labute approximate surface area is 162 Å². The summed E-state index contributed by atoms with van der Waals surface area (Å²) in [6, 6.07) is 16.4. The highest BCUT2D eigenvalue weighted by molar-refractivity contribution is 5.92. The van der Waals surface area contributed by atoms with Crippen LogP contribution in [0.2, 0.25) is 0 Å². The van der Waals surface area contributed by atoms with Crippen molar-refractivity contribution in [2.75, 3.05) is 5.32 Å². The largest absolute Gasteiger partial charge is 0.490 e. The Morgan fingerprint density at radius 1 is 0.897 bits per heavy atom. The second kappa shape index (κ2) is 9.31. The van der Waals surface area contributed by atoms with Gasteiger partial charge in [-0.05, 0) is 23.8 Å². The molecule has 0 atom stereocenters. The molecule has 0 amide bonds. The molecule has 0 aliphatic heterocycles. The van der Waals surface area contributed by atoms with E-state index in [4.69, 9.17) is 9.90 Å². The van der Waals surface area contributed by atoms with Crippen molar-refractivity contribution in [1.82, 2.24) is 9.97 Å². The van der Waals surface area contributed by atoms with Gasteiger partial charge in [0.05, 0.1) is 5.56 Å². The molecule has 3 aromatic rings. The van der Waals surface area contributed by atoms with Gasteiger partial charge in [-0.15, -0.1) is 0 Å². The number of alkyl halides is 3. The molecule has 0 unspecified atom stereocenters. The van der Waals surface area contributed by atoms with Gasteiger partial charge in [-0.2, -0.15) is 13.2 Å². The van der Waals surface area contributed by atoms with Gasteiger partial charge >= 0.3 is 18.1 Å². The Hall–Kier alpha value is -3.95. The van der Waals surface area contributed by atoms with E-state index in [0.29, 0.717) is 11.6 Å². The Kier molecular flexibility index (Phi) is 6.85. The summed E-state index contributed by atoms with van der Waals surface area (Å²) in [5, 5.41) is 19.4. The molecule has 3 rings (SSSR count). The summed E-state index contributed by atoms with van der Waals surface area (Å²) in [7, 11) is 0. The van der Waals surface area contributed by atoms with Crippen molar-refractivity contribution in [2.45, 2.75) is 6.18 Å². The first-order valence-corrected chi connectivity index (χ1v) is 7.95. The van der Waals surface area contributed by atoms with Crippen molar-refractivity contribution in [3.8, 4) is 11.1 Å². The fourth-order valence-electron chi connectivity index (χ4n) is 2.13. The molecule has 1 heterocycles. The number of halogens is 3. The number of carboxylic acid groups (broad SMARTS) is 2. The normalized spacial score (nSPS) is 10.4. The number of aromatic carboxylic acids is 1. The third-order valence-corrected chi connectivity index (χ3v) is 3.41. The number of rotatable bonds is 4. The number of carbonyl (C=O) groups is 2.